The number of carboxylic acid groups (broad SMARTS) is 1. The van der Waals surface area contributed by atoms with Crippen LogP contribution in [0.4, 0.5) is 0 Å². The van der Waals surface area contributed by atoms with Gasteiger partial charge < -0.3 is 5.11 Å². The Kier molecular flexibility index (Phi) is 3.61. The molecule has 2 rings (SSSR count). The Bertz CT molecular complexity index is 649. The fraction of sp³-hybridized carbons (Fsp3) is 0.438. The van der Waals surface area contributed by atoms with Gasteiger partial charge in [0.2, 0.25) is 0 Å². The SMILES string of the molecule is Cc1cc(C(=O)O)ccc1C1=NC(C)(C(C)C)C(=O)N1C. The van der Waals surface area contributed by atoms with Crippen LogP contribution in [0, 0.1) is 12.8 Å². The molecule has 1 unspecified atom stereocenters. The van der Waals surface area contributed by atoms with E-state index in [9.17, 15) is 9.59 Å². The molecule has 0 bridgehead atoms. The summed E-state index contributed by atoms with van der Waals surface area (Å²) < 4.78 is 0. The number of amides is 1. The molecule has 112 valence electrons. The molecule has 0 saturated heterocycles. The largest absolute Gasteiger partial charge is 0.478 e. The molecule has 0 saturated carbocycles. The van der Waals surface area contributed by atoms with Gasteiger partial charge in [0.1, 0.15) is 11.4 Å². The lowest BCUT2D eigenvalue weighted by molar-refractivity contribution is -0.131. The van der Waals surface area contributed by atoms with Crippen LogP contribution in [0.15, 0.2) is 23.2 Å². The van der Waals surface area contributed by atoms with Crippen molar-refractivity contribution in [3.05, 3.63) is 34.9 Å². The Morgan fingerprint density at radius 1 is 1.38 bits per heavy atom. The number of carboxylic acids is 1. The number of aliphatic imine (C=N–C) groups is 1. The number of nitrogens with zero attached hydrogens (tertiary/aromatic N) is 2. The second-order valence-corrected chi connectivity index (χ2v) is 5.94. The number of benzene rings is 1. The van der Waals surface area contributed by atoms with Gasteiger partial charge in [-0.2, -0.15) is 0 Å². The van der Waals surface area contributed by atoms with Crippen molar-refractivity contribution in [3.8, 4) is 0 Å². The van der Waals surface area contributed by atoms with Crippen molar-refractivity contribution in [2.45, 2.75) is 33.2 Å². The molecule has 1 aliphatic rings. The first kappa shape index (κ1) is 15.2. The number of aryl methyl sites for hydroxylation is 1. The maximum Gasteiger partial charge on any atom is 0.335 e. The zero-order valence-electron chi connectivity index (χ0n) is 13.0. The molecule has 5 nitrogen and oxygen atoms in total. The van der Waals surface area contributed by atoms with E-state index in [-0.39, 0.29) is 17.4 Å². The average Bonchev–Trinajstić information content (AvgIpc) is 2.64. The Morgan fingerprint density at radius 2 is 2.00 bits per heavy atom. The van der Waals surface area contributed by atoms with E-state index < -0.39 is 11.5 Å². The molecular weight excluding hydrogens is 268 g/mol. The molecule has 0 spiro atoms. The molecule has 5 heteroatoms. The second-order valence-electron chi connectivity index (χ2n) is 5.94. The molecule has 1 amide bonds. The van der Waals surface area contributed by atoms with Gasteiger partial charge in [0.05, 0.1) is 5.56 Å². The smallest absolute Gasteiger partial charge is 0.335 e. The van der Waals surface area contributed by atoms with E-state index >= 15 is 0 Å². The summed E-state index contributed by atoms with van der Waals surface area (Å²) in [5, 5.41) is 9.02. The van der Waals surface area contributed by atoms with Crippen LogP contribution in [0.5, 0.6) is 0 Å². The van der Waals surface area contributed by atoms with Gasteiger partial charge in [-0.1, -0.05) is 19.9 Å². The van der Waals surface area contributed by atoms with Crippen LogP contribution in [0.25, 0.3) is 0 Å². The van der Waals surface area contributed by atoms with Crippen molar-refractivity contribution in [1.82, 2.24) is 4.90 Å². The summed E-state index contributed by atoms with van der Waals surface area (Å²) in [6.07, 6.45) is 0. The molecule has 21 heavy (non-hydrogen) atoms. The lowest BCUT2D eigenvalue weighted by atomic mass is 9.89. The minimum atomic E-state index is -0.963. The molecular formula is C16H20N2O3. The maximum atomic E-state index is 12.5. The minimum Gasteiger partial charge on any atom is -0.478 e. The highest BCUT2D eigenvalue weighted by molar-refractivity contribution is 6.15. The fourth-order valence-corrected chi connectivity index (χ4v) is 2.44. The third kappa shape index (κ3) is 2.33. The predicted molar refractivity (Wildman–Crippen MR) is 80.7 cm³/mol. The van der Waals surface area contributed by atoms with Gasteiger partial charge in [-0.25, -0.2) is 4.79 Å². The van der Waals surface area contributed by atoms with Gasteiger partial charge >= 0.3 is 5.97 Å². The number of hydrogen-bond donors (Lipinski definition) is 1. The quantitative estimate of drug-likeness (QED) is 0.928. The third-order valence-corrected chi connectivity index (χ3v) is 4.23. The molecule has 1 aromatic carbocycles. The number of amidine groups is 1. The second kappa shape index (κ2) is 4.98. The van der Waals surface area contributed by atoms with E-state index in [1.165, 1.54) is 6.07 Å². The van der Waals surface area contributed by atoms with E-state index in [4.69, 9.17) is 5.11 Å². The number of likely N-dealkylation sites (N-methyl/N-ethyl adjacent to an activating group) is 1. The van der Waals surface area contributed by atoms with Crippen LogP contribution in [0.2, 0.25) is 0 Å². The molecule has 0 radical (unpaired) electrons. The Hall–Kier alpha value is -2.17. The van der Waals surface area contributed by atoms with Crippen molar-refractivity contribution in [1.29, 1.82) is 0 Å². The lowest BCUT2D eigenvalue weighted by Crippen LogP contribution is -2.42. The standard InChI is InChI=1S/C16H20N2O3/c1-9(2)16(4)15(21)18(5)13(17-16)12-7-6-11(14(19)20)8-10(12)3/h6-9H,1-5H3,(H,19,20). The van der Waals surface area contributed by atoms with Crippen molar-refractivity contribution in [2.24, 2.45) is 10.9 Å². The predicted octanol–water partition coefficient (Wildman–Crippen LogP) is 2.33. The van der Waals surface area contributed by atoms with E-state index in [2.05, 4.69) is 4.99 Å². The monoisotopic (exact) mass is 288 g/mol. The summed E-state index contributed by atoms with van der Waals surface area (Å²) in [6.45, 7) is 7.61. The summed E-state index contributed by atoms with van der Waals surface area (Å²) in [6, 6.07) is 4.85. The van der Waals surface area contributed by atoms with Crippen LogP contribution in [-0.4, -0.2) is 40.3 Å². The fourth-order valence-electron chi connectivity index (χ4n) is 2.44. The van der Waals surface area contributed by atoms with Gasteiger partial charge in [0.25, 0.3) is 5.91 Å². The number of carbonyl (C=O) groups is 2. The van der Waals surface area contributed by atoms with E-state index in [1.54, 1.807) is 24.1 Å². The van der Waals surface area contributed by atoms with Crippen molar-refractivity contribution in [3.63, 3.8) is 0 Å². The van der Waals surface area contributed by atoms with E-state index in [0.29, 0.717) is 5.84 Å². The Morgan fingerprint density at radius 3 is 2.43 bits per heavy atom. The van der Waals surface area contributed by atoms with Gasteiger partial charge in [0, 0.05) is 12.6 Å². The summed E-state index contributed by atoms with van der Waals surface area (Å²) in [4.78, 5) is 29.6. The van der Waals surface area contributed by atoms with Gasteiger partial charge in [0.15, 0.2) is 0 Å². The normalized spacial score (nSPS) is 21.9. The van der Waals surface area contributed by atoms with Crippen LogP contribution in [-0.2, 0) is 4.79 Å². The molecule has 1 heterocycles. The molecule has 1 atom stereocenters. The number of carbonyl (C=O) groups excluding carboxylic acids is 1. The lowest BCUT2D eigenvalue weighted by Gasteiger charge is -2.23. The van der Waals surface area contributed by atoms with Gasteiger partial charge in [-0.3, -0.25) is 14.7 Å². The Labute approximate surface area is 124 Å². The number of rotatable bonds is 3. The highest BCUT2D eigenvalue weighted by atomic mass is 16.4. The summed E-state index contributed by atoms with van der Waals surface area (Å²) in [7, 11) is 1.71. The molecule has 1 aromatic rings. The number of hydrogen-bond acceptors (Lipinski definition) is 3. The highest BCUT2D eigenvalue weighted by Gasteiger charge is 2.45. The maximum absolute atomic E-state index is 12.5. The highest BCUT2D eigenvalue weighted by Crippen LogP contribution is 2.31. The molecule has 0 fully saturated rings. The molecule has 1 aliphatic heterocycles. The topological polar surface area (TPSA) is 70.0 Å². The minimum absolute atomic E-state index is 0.0331. The third-order valence-electron chi connectivity index (χ3n) is 4.23. The van der Waals surface area contributed by atoms with Crippen LogP contribution >= 0.6 is 0 Å². The zero-order valence-corrected chi connectivity index (χ0v) is 13.0. The molecule has 0 aromatic heterocycles. The average molecular weight is 288 g/mol. The molecule has 0 aliphatic carbocycles. The van der Waals surface area contributed by atoms with Crippen LogP contribution < -0.4 is 0 Å². The first-order chi connectivity index (χ1) is 9.68. The van der Waals surface area contributed by atoms with Gasteiger partial charge in [-0.05, 0) is 37.5 Å². The van der Waals surface area contributed by atoms with Crippen LogP contribution in [0.3, 0.4) is 0 Å². The van der Waals surface area contributed by atoms with Gasteiger partial charge in [-0.15, -0.1) is 0 Å². The first-order valence-electron chi connectivity index (χ1n) is 6.90. The Balaban J connectivity index is 2.52. The van der Waals surface area contributed by atoms with Crippen LogP contribution in [0.1, 0.15) is 42.3 Å². The van der Waals surface area contributed by atoms with Crippen molar-refractivity contribution >= 4 is 17.7 Å². The summed E-state index contributed by atoms with van der Waals surface area (Å²) in [5.74, 6) is -0.308. The number of aromatic carboxylic acids is 1. The van der Waals surface area contributed by atoms with E-state index in [0.717, 1.165) is 11.1 Å². The zero-order chi connectivity index (χ0) is 15.9. The molecule has 1 N–H and O–H groups in total. The van der Waals surface area contributed by atoms with E-state index in [1.807, 2.05) is 27.7 Å². The first-order valence-corrected chi connectivity index (χ1v) is 6.90. The summed E-state index contributed by atoms with van der Waals surface area (Å²) >= 11 is 0. The van der Waals surface area contributed by atoms with Crippen molar-refractivity contribution < 1.29 is 14.7 Å². The summed E-state index contributed by atoms with van der Waals surface area (Å²) in [5.41, 5.74) is 1.05. The van der Waals surface area contributed by atoms with Crippen molar-refractivity contribution in [2.75, 3.05) is 7.05 Å².